The Bertz CT molecular complexity index is 686. The average molecular weight is 384 g/mol. The molecule has 0 spiro atoms. The number of imidazole rings is 1. The number of hydrogen-bond acceptors (Lipinski definition) is 4. The largest absolute Gasteiger partial charge is 0.381 e. The molecule has 2 N–H and O–H groups in total. The molecule has 2 amide bonds. The summed E-state index contributed by atoms with van der Waals surface area (Å²) >= 11 is 0. The Morgan fingerprint density at radius 2 is 2.07 bits per heavy atom. The van der Waals surface area contributed by atoms with Crippen LogP contribution >= 0.6 is 0 Å². The van der Waals surface area contributed by atoms with Crippen LogP contribution in [0.15, 0.2) is 12.4 Å². The average Bonchev–Trinajstić information content (AvgIpc) is 3.09. The van der Waals surface area contributed by atoms with Crippen molar-refractivity contribution in [3.63, 3.8) is 0 Å². The molecule has 3 rings (SSSR count). The van der Waals surface area contributed by atoms with Crippen molar-refractivity contribution in [2.75, 3.05) is 19.8 Å². The number of amides is 2. The van der Waals surface area contributed by atoms with Crippen molar-refractivity contribution < 1.29 is 23.1 Å². The number of aryl methyl sites for hydroxylation is 2. The number of carbonyl (C=O) groups is 2. The maximum atomic E-state index is 13.2. The van der Waals surface area contributed by atoms with E-state index in [2.05, 4.69) is 15.6 Å². The number of carbonyl (C=O) groups excluding carboxylic acids is 2. The minimum atomic E-state index is -2.90. The molecule has 1 saturated carbocycles. The molecule has 1 aromatic heterocycles. The van der Waals surface area contributed by atoms with Gasteiger partial charge in [-0.2, -0.15) is 0 Å². The Hall–Kier alpha value is -2.03. The van der Waals surface area contributed by atoms with E-state index >= 15 is 0 Å². The minimum absolute atomic E-state index is 0.121. The molecule has 1 aliphatic heterocycles. The van der Waals surface area contributed by atoms with E-state index < -0.39 is 29.7 Å². The van der Waals surface area contributed by atoms with Crippen LogP contribution in [0.5, 0.6) is 0 Å². The molecule has 0 radical (unpaired) electrons. The van der Waals surface area contributed by atoms with Crippen molar-refractivity contribution in [2.24, 2.45) is 5.92 Å². The van der Waals surface area contributed by atoms with Crippen LogP contribution in [-0.2, 0) is 20.9 Å². The molecule has 1 unspecified atom stereocenters. The second kappa shape index (κ2) is 7.92. The van der Waals surface area contributed by atoms with Gasteiger partial charge in [-0.25, -0.2) is 13.8 Å². The zero-order valence-electron chi connectivity index (χ0n) is 15.5. The summed E-state index contributed by atoms with van der Waals surface area (Å²) < 4.78 is 33.6. The number of rotatable bonds is 8. The van der Waals surface area contributed by atoms with Crippen LogP contribution in [0.1, 0.15) is 37.9 Å². The number of ether oxygens (including phenoxy) is 1. The first-order valence-electron chi connectivity index (χ1n) is 9.33. The Balaban J connectivity index is 1.47. The molecule has 2 fully saturated rings. The van der Waals surface area contributed by atoms with Crippen molar-refractivity contribution in [2.45, 2.75) is 57.0 Å². The molecule has 1 atom stereocenters. The van der Waals surface area contributed by atoms with Crippen LogP contribution in [-0.4, -0.2) is 52.6 Å². The van der Waals surface area contributed by atoms with E-state index in [0.717, 1.165) is 5.82 Å². The van der Waals surface area contributed by atoms with Gasteiger partial charge < -0.3 is 19.9 Å². The quantitative estimate of drug-likeness (QED) is 0.710. The van der Waals surface area contributed by atoms with E-state index in [1.165, 1.54) is 0 Å². The van der Waals surface area contributed by atoms with E-state index in [4.69, 9.17) is 4.74 Å². The third kappa shape index (κ3) is 5.03. The van der Waals surface area contributed by atoms with Gasteiger partial charge in [-0.05, 0) is 26.2 Å². The van der Waals surface area contributed by atoms with Crippen LogP contribution in [0.2, 0.25) is 0 Å². The summed E-state index contributed by atoms with van der Waals surface area (Å²) in [5.41, 5.74) is -0.718. The molecule has 1 aliphatic carbocycles. The van der Waals surface area contributed by atoms with Gasteiger partial charge in [0.15, 0.2) is 0 Å². The van der Waals surface area contributed by atoms with Crippen molar-refractivity contribution in [1.82, 2.24) is 20.2 Å². The highest BCUT2D eigenvalue weighted by Gasteiger charge is 2.62. The zero-order valence-corrected chi connectivity index (χ0v) is 15.5. The Kier molecular flexibility index (Phi) is 5.78. The van der Waals surface area contributed by atoms with Crippen LogP contribution in [0.4, 0.5) is 8.78 Å². The monoisotopic (exact) mass is 384 g/mol. The van der Waals surface area contributed by atoms with Gasteiger partial charge in [0.05, 0.1) is 5.54 Å². The van der Waals surface area contributed by atoms with Crippen LogP contribution in [0.3, 0.4) is 0 Å². The van der Waals surface area contributed by atoms with Gasteiger partial charge in [0, 0.05) is 51.5 Å². The molecule has 0 aromatic carbocycles. The number of alkyl halides is 2. The van der Waals surface area contributed by atoms with Gasteiger partial charge in [-0.3, -0.25) is 9.59 Å². The van der Waals surface area contributed by atoms with E-state index in [1.54, 1.807) is 6.20 Å². The molecule has 2 aliphatic rings. The highest BCUT2D eigenvalue weighted by atomic mass is 19.3. The van der Waals surface area contributed by atoms with Gasteiger partial charge in [-0.15, -0.1) is 0 Å². The summed E-state index contributed by atoms with van der Waals surface area (Å²) in [5.74, 6) is -4.00. The third-order valence-electron chi connectivity index (χ3n) is 5.33. The SMILES string of the molecule is Cc1nccn1CCCC(=O)NCC1(NC(=O)C2CC2(F)F)CCOCC1. The molecule has 150 valence electrons. The van der Waals surface area contributed by atoms with Crippen molar-refractivity contribution >= 4 is 11.8 Å². The molecule has 27 heavy (non-hydrogen) atoms. The lowest BCUT2D eigenvalue weighted by Gasteiger charge is -2.38. The number of nitrogens with one attached hydrogen (secondary N) is 2. The first-order valence-corrected chi connectivity index (χ1v) is 9.33. The molecule has 9 heteroatoms. The predicted octanol–water partition coefficient (Wildman–Crippen LogP) is 1.41. The van der Waals surface area contributed by atoms with E-state index in [-0.39, 0.29) is 12.5 Å². The fourth-order valence-corrected chi connectivity index (χ4v) is 3.36. The number of nitrogens with zero attached hydrogens (tertiary/aromatic N) is 2. The second-order valence-electron chi connectivity index (χ2n) is 7.45. The summed E-state index contributed by atoms with van der Waals surface area (Å²) in [5, 5.41) is 5.62. The summed E-state index contributed by atoms with van der Waals surface area (Å²) in [4.78, 5) is 28.4. The lowest BCUT2D eigenvalue weighted by atomic mass is 9.89. The van der Waals surface area contributed by atoms with E-state index in [0.29, 0.717) is 45.4 Å². The Morgan fingerprint density at radius 3 is 2.67 bits per heavy atom. The smallest absolute Gasteiger partial charge is 0.260 e. The predicted molar refractivity (Wildman–Crippen MR) is 93.2 cm³/mol. The van der Waals surface area contributed by atoms with Gasteiger partial charge in [-0.1, -0.05) is 0 Å². The first-order chi connectivity index (χ1) is 12.8. The molecule has 7 nitrogen and oxygen atoms in total. The van der Waals surface area contributed by atoms with Gasteiger partial charge >= 0.3 is 0 Å². The summed E-state index contributed by atoms with van der Waals surface area (Å²) in [6.07, 6.45) is 5.19. The highest BCUT2D eigenvalue weighted by Crippen LogP contribution is 2.49. The van der Waals surface area contributed by atoms with Gasteiger partial charge in [0.2, 0.25) is 11.8 Å². The topological polar surface area (TPSA) is 85.3 Å². The lowest BCUT2D eigenvalue weighted by Crippen LogP contribution is -2.58. The van der Waals surface area contributed by atoms with Crippen molar-refractivity contribution in [3.05, 3.63) is 18.2 Å². The van der Waals surface area contributed by atoms with Crippen LogP contribution < -0.4 is 10.6 Å². The molecule has 2 heterocycles. The number of aromatic nitrogens is 2. The number of hydrogen-bond donors (Lipinski definition) is 2. The number of halogens is 2. The van der Waals surface area contributed by atoms with Crippen LogP contribution in [0.25, 0.3) is 0 Å². The zero-order chi connectivity index (χ0) is 19.5. The molecule has 0 bridgehead atoms. The standard InChI is InChI=1S/C18H26F2N4O3/c1-13-21-6-8-24(13)7-2-3-15(25)22-12-17(4-9-27-10-5-17)23-16(26)14-11-18(14,19)20/h6,8,14H,2-5,7,9-12H2,1H3,(H,22,25)(H,23,26). The summed E-state index contributed by atoms with van der Waals surface area (Å²) in [6.45, 7) is 3.68. The van der Waals surface area contributed by atoms with Gasteiger partial charge in [0.25, 0.3) is 5.92 Å². The molecule has 1 saturated heterocycles. The highest BCUT2D eigenvalue weighted by molar-refractivity contribution is 5.83. The Labute approximate surface area is 156 Å². The molecule has 1 aromatic rings. The van der Waals surface area contributed by atoms with E-state index in [1.807, 2.05) is 17.7 Å². The third-order valence-corrected chi connectivity index (χ3v) is 5.33. The second-order valence-corrected chi connectivity index (χ2v) is 7.45. The fourth-order valence-electron chi connectivity index (χ4n) is 3.36. The first kappa shape index (κ1) is 19.7. The summed E-state index contributed by atoms with van der Waals surface area (Å²) in [6, 6.07) is 0. The molecular formula is C18H26F2N4O3. The maximum Gasteiger partial charge on any atom is 0.260 e. The maximum absolute atomic E-state index is 13.2. The van der Waals surface area contributed by atoms with Gasteiger partial charge in [0.1, 0.15) is 11.7 Å². The summed E-state index contributed by atoms with van der Waals surface area (Å²) in [7, 11) is 0. The Morgan fingerprint density at radius 1 is 1.37 bits per heavy atom. The molecular weight excluding hydrogens is 358 g/mol. The van der Waals surface area contributed by atoms with E-state index in [9.17, 15) is 18.4 Å². The van der Waals surface area contributed by atoms with Crippen molar-refractivity contribution in [1.29, 1.82) is 0 Å². The van der Waals surface area contributed by atoms with Crippen LogP contribution in [0, 0.1) is 12.8 Å². The lowest BCUT2D eigenvalue weighted by molar-refractivity contribution is -0.129. The fraction of sp³-hybridized carbons (Fsp3) is 0.722. The minimum Gasteiger partial charge on any atom is -0.381 e. The normalized spacial score (nSPS) is 22.9. The van der Waals surface area contributed by atoms with Crippen molar-refractivity contribution in [3.8, 4) is 0 Å².